The largest absolute Gasteiger partial charge is 0.463 e. The van der Waals surface area contributed by atoms with Crippen molar-refractivity contribution in [3.8, 4) is 0 Å². The minimum atomic E-state index is -3.82. The van der Waals surface area contributed by atoms with E-state index in [9.17, 15) is 13.2 Å². The van der Waals surface area contributed by atoms with Gasteiger partial charge in [-0.1, -0.05) is 24.6 Å². The normalized spacial score (nSPS) is 13.0. The van der Waals surface area contributed by atoms with Gasteiger partial charge in [-0.15, -0.1) is 0 Å². The van der Waals surface area contributed by atoms with Crippen molar-refractivity contribution in [2.45, 2.75) is 38.2 Å². The SMILES string of the molecule is CCC(=O)OCC(C)OS(=O)(=O)c1ccc(C)cc1. The second kappa shape index (κ2) is 6.68. The van der Waals surface area contributed by atoms with Gasteiger partial charge >= 0.3 is 5.97 Å². The highest BCUT2D eigenvalue weighted by atomic mass is 32.2. The number of benzene rings is 1. The van der Waals surface area contributed by atoms with Gasteiger partial charge in [-0.3, -0.25) is 8.98 Å². The molecule has 0 spiro atoms. The summed E-state index contributed by atoms with van der Waals surface area (Å²) in [6.07, 6.45) is -0.473. The summed E-state index contributed by atoms with van der Waals surface area (Å²) in [5, 5.41) is 0. The Bertz CT molecular complexity index is 518. The number of aryl methyl sites for hydroxylation is 1. The number of esters is 1. The lowest BCUT2D eigenvalue weighted by Gasteiger charge is -2.13. The Morgan fingerprint density at radius 1 is 1.26 bits per heavy atom. The van der Waals surface area contributed by atoms with E-state index >= 15 is 0 Å². The van der Waals surface area contributed by atoms with Crippen molar-refractivity contribution < 1.29 is 22.1 Å². The minimum Gasteiger partial charge on any atom is -0.463 e. The van der Waals surface area contributed by atoms with Gasteiger partial charge in [0.1, 0.15) is 12.7 Å². The second-order valence-corrected chi connectivity index (χ2v) is 5.78. The fourth-order valence-corrected chi connectivity index (χ4v) is 2.39. The summed E-state index contributed by atoms with van der Waals surface area (Å²) in [5.74, 6) is -0.386. The smallest absolute Gasteiger partial charge is 0.305 e. The Kier molecular flexibility index (Phi) is 5.50. The standard InChI is InChI=1S/C13H18O5S/c1-4-13(14)17-9-11(3)18-19(15,16)12-7-5-10(2)6-8-12/h5-8,11H,4,9H2,1-3H3. The van der Waals surface area contributed by atoms with Crippen molar-refractivity contribution in [2.75, 3.05) is 6.61 Å². The molecule has 0 saturated heterocycles. The first-order chi connectivity index (χ1) is 8.85. The highest BCUT2D eigenvalue weighted by Gasteiger charge is 2.19. The van der Waals surface area contributed by atoms with Gasteiger partial charge in [0.05, 0.1) is 4.90 Å². The molecule has 1 aromatic carbocycles. The van der Waals surface area contributed by atoms with Crippen LogP contribution >= 0.6 is 0 Å². The summed E-state index contributed by atoms with van der Waals surface area (Å²) in [7, 11) is -3.82. The first-order valence-corrected chi connectivity index (χ1v) is 7.41. The molecule has 0 amide bonds. The molecule has 0 bridgehead atoms. The van der Waals surface area contributed by atoms with Crippen LogP contribution in [0.2, 0.25) is 0 Å². The van der Waals surface area contributed by atoms with Gasteiger partial charge in [0, 0.05) is 6.42 Å². The number of rotatable bonds is 6. The lowest BCUT2D eigenvalue weighted by atomic mass is 10.2. The van der Waals surface area contributed by atoms with Crippen LogP contribution in [0, 0.1) is 6.92 Å². The molecule has 5 nitrogen and oxygen atoms in total. The third-order valence-corrected chi connectivity index (χ3v) is 3.80. The van der Waals surface area contributed by atoms with Crippen molar-refractivity contribution in [3.05, 3.63) is 29.8 Å². The molecule has 0 radical (unpaired) electrons. The van der Waals surface area contributed by atoms with Gasteiger partial charge in [0.2, 0.25) is 0 Å². The molecular weight excluding hydrogens is 268 g/mol. The fraction of sp³-hybridized carbons (Fsp3) is 0.462. The Balaban J connectivity index is 2.64. The van der Waals surface area contributed by atoms with Gasteiger partial charge in [-0.05, 0) is 26.0 Å². The van der Waals surface area contributed by atoms with Gasteiger partial charge in [0.15, 0.2) is 0 Å². The maximum absolute atomic E-state index is 11.9. The molecule has 0 aromatic heterocycles. The van der Waals surface area contributed by atoms with E-state index in [1.54, 1.807) is 19.1 Å². The number of hydrogen-bond acceptors (Lipinski definition) is 5. The number of carbonyl (C=O) groups excluding carboxylic acids is 1. The molecular formula is C13H18O5S. The van der Waals surface area contributed by atoms with E-state index in [0.29, 0.717) is 0 Å². The molecule has 1 rings (SSSR count). The Morgan fingerprint density at radius 3 is 2.37 bits per heavy atom. The van der Waals surface area contributed by atoms with Crippen LogP contribution in [0.3, 0.4) is 0 Å². The predicted octanol–water partition coefficient (Wildman–Crippen LogP) is 2.04. The Morgan fingerprint density at radius 2 is 1.84 bits per heavy atom. The van der Waals surface area contributed by atoms with Gasteiger partial charge in [-0.25, -0.2) is 0 Å². The van der Waals surface area contributed by atoms with Crippen LogP contribution in [0.5, 0.6) is 0 Å². The quantitative estimate of drug-likeness (QED) is 0.591. The third-order valence-electron chi connectivity index (χ3n) is 2.37. The van der Waals surface area contributed by atoms with Crippen LogP contribution < -0.4 is 0 Å². The third kappa shape index (κ3) is 5.00. The molecule has 0 N–H and O–H groups in total. The lowest BCUT2D eigenvalue weighted by Crippen LogP contribution is -2.22. The zero-order valence-corrected chi connectivity index (χ0v) is 12.1. The Labute approximate surface area is 113 Å². The van der Waals surface area contributed by atoms with E-state index in [1.807, 2.05) is 6.92 Å². The van der Waals surface area contributed by atoms with Crippen LogP contribution in [-0.2, 0) is 23.8 Å². The topological polar surface area (TPSA) is 69.7 Å². The van der Waals surface area contributed by atoms with Crippen molar-refractivity contribution in [1.82, 2.24) is 0 Å². The zero-order valence-electron chi connectivity index (χ0n) is 11.3. The summed E-state index contributed by atoms with van der Waals surface area (Å²) in [4.78, 5) is 11.1. The highest BCUT2D eigenvalue weighted by Crippen LogP contribution is 2.15. The van der Waals surface area contributed by atoms with Crippen LogP contribution in [-0.4, -0.2) is 27.1 Å². The van der Waals surface area contributed by atoms with E-state index in [4.69, 9.17) is 8.92 Å². The van der Waals surface area contributed by atoms with E-state index in [-0.39, 0.29) is 23.9 Å². The van der Waals surface area contributed by atoms with Crippen molar-refractivity contribution in [1.29, 1.82) is 0 Å². The molecule has 0 aliphatic carbocycles. The predicted molar refractivity (Wildman–Crippen MR) is 70.2 cm³/mol. The zero-order chi connectivity index (χ0) is 14.5. The molecule has 106 valence electrons. The van der Waals surface area contributed by atoms with E-state index < -0.39 is 16.2 Å². The summed E-state index contributed by atoms with van der Waals surface area (Å²) >= 11 is 0. The van der Waals surface area contributed by atoms with Crippen LogP contribution in [0.1, 0.15) is 25.8 Å². The second-order valence-electron chi connectivity index (χ2n) is 4.21. The molecule has 0 aliphatic heterocycles. The van der Waals surface area contributed by atoms with E-state index in [0.717, 1.165) is 5.56 Å². The summed E-state index contributed by atoms with van der Waals surface area (Å²) in [5.41, 5.74) is 0.962. The van der Waals surface area contributed by atoms with Crippen molar-refractivity contribution >= 4 is 16.1 Å². The Hall–Kier alpha value is -1.40. The van der Waals surface area contributed by atoms with Crippen molar-refractivity contribution in [3.63, 3.8) is 0 Å². The van der Waals surface area contributed by atoms with Gasteiger partial charge in [-0.2, -0.15) is 8.42 Å². The van der Waals surface area contributed by atoms with Crippen LogP contribution in [0.15, 0.2) is 29.2 Å². The van der Waals surface area contributed by atoms with Crippen LogP contribution in [0.25, 0.3) is 0 Å². The molecule has 6 heteroatoms. The highest BCUT2D eigenvalue weighted by molar-refractivity contribution is 7.86. The molecule has 0 aliphatic rings. The summed E-state index contributed by atoms with van der Waals surface area (Å²) in [6.45, 7) is 4.98. The lowest BCUT2D eigenvalue weighted by molar-refractivity contribution is -0.145. The molecule has 1 aromatic rings. The van der Waals surface area contributed by atoms with Crippen LogP contribution in [0.4, 0.5) is 0 Å². The first-order valence-electron chi connectivity index (χ1n) is 6.00. The maximum atomic E-state index is 11.9. The first kappa shape index (κ1) is 15.7. The molecule has 0 heterocycles. The van der Waals surface area contributed by atoms with E-state index in [1.165, 1.54) is 19.1 Å². The average Bonchev–Trinajstić information content (AvgIpc) is 2.36. The molecule has 0 saturated carbocycles. The van der Waals surface area contributed by atoms with Gasteiger partial charge in [0.25, 0.3) is 10.1 Å². The van der Waals surface area contributed by atoms with Crippen molar-refractivity contribution in [2.24, 2.45) is 0 Å². The monoisotopic (exact) mass is 286 g/mol. The molecule has 1 unspecified atom stereocenters. The summed E-state index contributed by atoms with van der Waals surface area (Å²) in [6, 6.07) is 6.35. The average molecular weight is 286 g/mol. The molecule has 1 atom stereocenters. The van der Waals surface area contributed by atoms with Gasteiger partial charge < -0.3 is 4.74 Å². The minimum absolute atomic E-state index is 0.0856. The van der Waals surface area contributed by atoms with E-state index in [2.05, 4.69) is 0 Å². The number of hydrogen-bond donors (Lipinski definition) is 0. The molecule has 0 fully saturated rings. The number of ether oxygens (including phenoxy) is 1. The fourth-order valence-electron chi connectivity index (χ4n) is 1.32. The maximum Gasteiger partial charge on any atom is 0.305 e. The molecule has 19 heavy (non-hydrogen) atoms. The summed E-state index contributed by atoms with van der Waals surface area (Å²) < 4.78 is 33.6. The number of carbonyl (C=O) groups is 1.